The fourth-order valence-electron chi connectivity index (χ4n) is 3.70. The molecule has 5 N–H and O–H groups in total. The zero-order valence-corrected chi connectivity index (χ0v) is 23.8. The molecule has 0 saturated heterocycles. The summed E-state index contributed by atoms with van der Waals surface area (Å²) in [5, 5.41) is 14.0. The minimum absolute atomic E-state index is 0.0102. The van der Waals surface area contributed by atoms with E-state index in [0.717, 1.165) is 21.8 Å². The first-order valence-corrected chi connectivity index (χ1v) is 14.9. The van der Waals surface area contributed by atoms with E-state index in [9.17, 15) is 18.0 Å². The number of thioether (sulfide) groups is 1. The highest BCUT2D eigenvalue weighted by Crippen LogP contribution is 2.37. The quantitative estimate of drug-likeness (QED) is 0.109. The number of sulfonamides is 1. The maximum Gasteiger partial charge on any atom is 0.242 e. The molecule has 11 heteroatoms. The molecule has 4 aromatic rings. The van der Waals surface area contributed by atoms with Crippen molar-refractivity contribution in [2.75, 3.05) is 16.0 Å². The number of anilines is 3. The molecule has 0 aromatic heterocycles. The summed E-state index contributed by atoms with van der Waals surface area (Å²) in [6, 6.07) is 29.6. The number of hydrogen-bond donors (Lipinski definition) is 4. The molecule has 1 atom stereocenters. The lowest BCUT2D eigenvalue weighted by molar-refractivity contribution is -0.115. The van der Waals surface area contributed by atoms with Crippen molar-refractivity contribution in [1.29, 1.82) is 0 Å². The monoisotopic (exact) mass is 590 g/mol. The number of amides is 1. The van der Waals surface area contributed by atoms with Crippen LogP contribution in [0.25, 0.3) is 0 Å². The van der Waals surface area contributed by atoms with Crippen LogP contribution in [0.15, 0.2) is 113 Å². The third-order valence-corrected chi connectivity index (χ3v) is 8.07. The first-order valence-electron chi connectivity index (χ1n) is 12.0. The van der Waals surface area contributed by atoms with E-state index < -0.39 is 15.3 Å². The Labute approximate surface area is 242 Å². The van der Waals surface area contributed by atoms with Gasteiger partial charge in [-0.1, -0.05) is 36.4 Å². The summed E-state index contributed by atoms with van der Waals surface area (Å²) in [6.45, 7) is 1.51. The van der Waals surface area contributed by atoms with E-state index in [4.69, 9.17) is 17.4 Å². The molecule has 0 spiro atoms. The van der Waals surface area contributed by atoms with Gasteiger partial charge < -0.3 is 16.0 Å². The van der Waals surface area contributed by atoms with Gasteiger partial charge in [0, 0.05) is 27.5 Å². The topological polar surface area (TPSA) is 130 Å². The number of primary sulfonamides is 1. The van der Waals surface area contributed by atoms with Crippen molar-refractivity contribution in [1.82, 2.24) is 0 Å². The summed E-state index contributed by atoms with van der Waals surface area (Å²) in [6.07, 6.45) is 0. The highest BCUT2D eigenvalue weighted by molar-refractivity contribution is 8.00. The van der Waals surface area contributed by atoms with Crippen LogP contribution in [0.3, 0.4) is 0 Å². The molecule has 40 heavy (non-hydrogen) atoms. The number of hydrogen-bond acceptors (Lipinski definition) is 6. The van der Waals surface area contributed by atoms with Crippen LogP contribution in [0.1, 0.15) is 28.1 Å². The Bertz CT molecular complexity index is 1630. The smallest absolute Gasteiger partial charge is 0.242 e. The largest absolute Gasteiger partial charge is 0.332 e. The average molecular weight is 591 g/mol. The van der Waals surface area contributed by atoms with Crippen LogP contribution < -0.4 is 21.1 Å². The Hall–Kier alpha value is -4.03. The van der Waals surface area contributed by atoms with Crippen molar-refractivity contribution < 1.29 is 18.0 Å². The first kappa shape index (κ1) is 29.0. The highest BCUT2D eigenvalue weighted by Gasteiger charge is 2.22. The third kappa shape index (κ3) is 7.99. The molecule has 0 radical (unpaired) electrons. The lowest BCUT2D eigenvalue weighted by Gasteiger charge is -2.18. The van der Waals surface area contributed by atoms with E-state index in [2.05, 4.69) is 16.0 Å². The summed E-state index contributed by atoms with van der Waals surface area (Å²) in [7, 11) is -3.83. The third-order valence-electron chi connectivity index (χ3n) is 5.69. The van der Waals surface area contributed by atoms with Crippen molar-refractivity contribution in [2.24, 2.45) is 5.14 Å². The fraction of sp³-hybridized carbons (Fsp3) is 0.0690. The molecule has 1 unspecified atom stereocenters. The normalized spacial score (nSPS) is 11.8. The Morgan fingerprint density at radius 2 is 1.38 bits per heavy atom. The Morgan fingerprint density at radius 1 is 0.775 bits per heavy atom. The number of thiocarbonyl (C=S) groups is 1. The van der Waals surface area contributed by atoms with E-state index in [1.54, 1.807) is 24.3 Å². The number of nitrogens with two attached hydrogens (primary N) is 1. The average Bonchev–Trinajstić information content (AvgIpc) is 2.92. The number of rotatable bonds is 9. The summed E-state index contributed by atoms with van der Waals surface area (Å²) in [5.74, 6) is -0.284. The standard InChI is InChI=1S/C29H26N4O4S3/c1-19(34)20-10-12-23(13-11-20)32-29(38)33-24-8-5-9-25(18-24)39-27(21-6-3-2-4-7-21)28(35)31-22-14-16-26(17-15-22)40(30,36)37/h2-18,27H,1H3,(H,31,35)(H2,30,36,37)(H2,32,33,38). The maximum absolute atomic E-state index is 13.4. The fourth-order valence-corrected chi connectivity index (χ4v) is 5.54. The van der Waals surface area contributed by atoms with Gasteiger partial charge in [0.1, 0.15) is 5.25 Å². The Morgan fingerprint density at radius 3 is 2.00 bits per heavy atom. The second kappa shape index (κ2) is 12.9. The Kier molecular flexibility index (Phi) is 9.33. The number of ketones is 1. The molecular weight excluding hydrogens is 565 g/mol. The molecule has 0 heterocycles. The molecule has 4 aromatic carbocycles. The minimum Gasteiger partial charge on any atom is -0.332 e. The summed E-state index contributed by atoms with van der Waals surface area (Å²) >= 11 is 6.81. The Balaban J connectivity index is 1.47. The highest BCUT2D eigenvalue weighted by atomic mass is 32.2. The van der Waals surface area contributed by atoms with E-state index in [1.165, 1.54) is 43.0 Å². The first-order chi connectivity index (χ1) is 19.1. The number of nitrogens with one attached hydrogen (secondary N) is 3. The van der Waals surface area contributed by atoms with Crippen molar-refractivity contribution >= 4 is 67.9 Å². The van der Waals surface area contributed by atoms with Crippen LogP contribution in [0.2, 0.25) is 0 Å². The van der Waals surface area contributed by atoms with Crippen LogP contribution in [0.4, 0.5) is 17.1 Å². The van der Waals surface area contributed by atoms with Gasteiger partial charge in [-0.2, -0.15) is 0 Å². The summed E-state index contributed by atoms with van der Waals surface area (Å²) in [5.41, 5.74) is 3.34. The van der Waals surface area contributed by atoms with E-state index >= 15 is 0 Å². The van der Waals surface area contributed by atoms with Gasteiger partial charge >= 0.3 is 0 Å². The molecule has 0 aliphatic heterocycles. The summed E-state index contributed by atoms with van der Waals surface area (Å²) in [4.78, 5) is 25.7. The van der Waals surface area contributed by atoms with E-state index in [0.29, 0.717) is 16.4 Å². The molecule has 0 aliphatic carbocycles. The van der Waals surface area contributed by atoms with Crippen molar-refractivity contribution in [3.8, 4) is 0 Å². The van der Waals surface area contributed by atoms with Crippen LogP contribution in [-0.2, 0) is 14.8 Å². The van der Waals surface area contributed by atoms with Gasteiger partial charge in [0.2, 0.25) is 15.9 Å². The maximum atomic E-state index is 13.4. The minimum atomic E-state index is -3.83. The van der Waals surface area contributed by atoms with E-state index in [1.807, 2.05) is 54.6 Å². The van der Waals surface area contributed by atoms with Crippen LogP contribution in [-0.4, -0.2) is 25.2 Å². The molecule has 0 aliphatic rings. The zero-order chi connectivity index (χ0) is 28.7. The number of carbonyl (C=O) groups excluding carboxylic acids is 2. The molecule has 8 nitrogen and oxygen atoms in total. The molecule has 1 amide bonds. The molecule has 4 rings (SSSR count). The SMILES string of the molecule is CC(=O)c1ccc(NC(=S)Nc2cccc(SC(C(=O)Nc3ccc(S(N)(=O)=O)cc3)c3ccccc3)c2)cc1. The lowest BCUT2D eigenvalue weighted by atomic mass is 10.1. The second-order valence-corrected chi connectivity index (χ2v) is 11.9. The molecule has 0 saturated carbocycles. The molecular formula is C29H26N4O4S3. The molecule has 204 valence electrons. The molecule has 0 bridgehead atoms. The van der Waals surface area contributed by atoms with Gasteiger partial charge in [0.05, 0.1) is 4.90 Å². The van der Waals surface area contributed by atoms with Gasteiger partial charge in [-0.15, -0.1) is 11.8 Å². The number of benzene rings is 4. The van der Waals surface area contributed by atoms with Gasteiger partial charge in [0.25, 0.3) is 0 Å². The van der Waals surface area contributed by atoms with Crippen LogP contribution >= 0.6 is 24.0 Å². The molecule has 0 fully saturated rings. The summed E-state index contributed by atoms with van der Waals surface area (Å²) < 4.78 is 23.1. The number of carbonyl (C=O) groups is 2. The van der Waals surface area contributed by atoms with Gasteiger partial charge in [-0.3, -0.25) is 9.59 Å². The zero-order valence-electron chi connectivity index (χ0n) is 21.3. The van der Waals surface area contributed by atoms with E-state index in [-0.39, 0.29) is 16.6 Å². The second-order valence-electron chi connectivity index (χ2n) is 8.71. The van der Waals surface area contributed by atoms with Crippen molar-refractivity contribution in [3.05, 3.63) is 114 Å². The van der Waals surface area contributed by atoms with Gasteiger partial charge in [-0.25, -0.2) is 13.6 Å². The predicted molar refractivity (Wildman–Crippen MR) is 164 cm³/mol. The lowest BCUT2D eigenvalue weighted by Crippen LogP contribution is -2.20. The number of Topliss-reactive ketones (excluding diaryl/α,β-unsaturated/α-hetero) is 1. The van der Waals surface area contributed by atoms with Gasteiger partial charge in [0.15, 0.2) is 10.9 Å². The predicted octanol–water partition coefficient (Wildman–Crippen LogP) is 5.82. The van der Waals surface area contributed by atoms with Crippen LogP contribution in [0.5, 0.6) is 0 Å². The van der Waals surface area contributed by atoms with Crippen molar-refractivity contribution in [2.45, 2.75) is 22.0 Å². The van der Waals surface area contributed by atoms with Gasteiger partial charge in [-0.05, 0) is 91.4 Å². The van der Waals surface area contributed by atoms with Crippen molar-refractivity contribution in [3.63, 3.8) is 0 Å². The van der Waals surface area contributed by atoms with Crippen LogP contribution in [0, 0.1) is 0 Å².